The monoisotopic (exact) mass is 1960 g/mol. The number of fused-ring (bicyclic) bond motifs is 4. The third-order valence-corrected chi connectivity index (χ3v) is 23.9. The van der Waals surface area contributed by atoms with Crippen LogP contribution in [-0.4, -0.2) is 305 Å². The number of methoxy groups -OCH3 is 3. The summed E-state index contributed by atoms with van der Waals surface area (Å²) in [5, 5.41) is 32.5. The number of carbonyl (C=O) groups is 13. The standard InChI is InChI=1S/C101H138N8O31/c1-65(2)78(55-77(112)29-35-130-39-41-132-43-45-134-47-49-136-51-50-135-48-46-133-44-42-131-40-38-128-31-15-16-75(110)27-30-105-91(114)25-26-92(105)115)94(117)102-69(7)86(113)54-71-17-19-72(20-18-71)63-139-100(123)108-82-59-89(87(126-10)57-80(82)96(119)106-61-67(5)52-84(106)98(108)121)137-32-13-12-14-33-138-90-60-83-81(58-88(90)127-11)97(120)107-62-68(6)53-85(107)99(122)109(83)101(124)140-64-73-21-23-74(24-22-73)104-93(116)70(8)103-95(118)79(66(3)4)56-76(111)28-34-129-37-36-125-9/h17-26,57-62,65-66,69-70,78-79,84-85,98-99,121-122H,12-16,27-56,63-64H2,1-11H3,(H,102,117)(H,103,118)(H,104,116)/t69-,70-,78-,79-,84-,85-,98-,99-/m0/s1. The fourth-order valence-corrected chi connectivity index (χ4v) is 15.9. The van der Waals surface area contributed by atoms with E-state index in [1.54, 1.807) is 75.0 Å². The van der Waals surface area contributed by atoms with Crippen molar-refractivity contribution < 1.29 is 148 Å². The molecule has 39 nitrogen and oxygen atoms in total. The van der Waals surface area contributed by atoms with E-state index in [0.717, 1.165) is 25.8 Å². The van der Waals surface area contributed by atoms with Gasteiger partial charge >= 0.3 is 12.2 Å². The fourth-order valence-electron chi connectivity index (χ4n) is 15.9. The Kier molecular flexibility index (Phi) is 47.0. The van der Waals surface area contributed by atoms with Gasteiger partial charge in [-0.25, -0.2) is 19.4 Å². The lowest BCUT2D eigenvalue weighted by atomic mass is 9.88. The van der Waals surface area contributed by atoms with Gasteiger partial charge in [-0.1, -0.05) is 75.2 Å². The predicted octanol–water partition coefficient (Wildman–Crippen LogP) is 9.28. The highest BCUT2D eigenvalue weighted by molar-refractivity contribution is 6.13. The number of carbonyl (C=O) groups excluding carboxylic acids is 13. The molecule has 0 aliphatic carbocycles. The van der Waals surface area contributed by atoms with Crippen molar-refractivity contribution in [1.82, 2.24) is 25.3 Å². The molecule has 39 heteroatoms. The second-order valence-electron chi connectivity index (χ2n) is 35.2. The summed E-state index contributed by atoms with van der Waals surface area (Å²) in [4.78, 5) is 179. The van der Waals surface area contributed by atoms with Crippen molar-refractivity contribution in [1.29, 1.82) is 0 Å². The Balaban J connectivity index is 0.656. The van der Waals surface area contributed by atoms with Gasteiger partial charge in [0.1, 0.15) is 36.6 Å². The summed E-state index contributed by atoms with van der Waals surface area (Å²) in [6, 6.07) is 15.4. The average Bonchev–Trinajstić information content (AvgIpc) is 1.60. The van der Waals surface area contributed by atoms with Crippen LogP contribution in [0.3, 0.4) is 0 Å². The van der Waals surface area contributed by atoms with Gasteiger partial charge in [0.25, 0.3) is 23.6 Å². The Labute approximate surface area is 817 Å². The minimum absolute atomic E-state index is 0.00319. The Hall–Kier alpha value is -11.5. The number of rotatable bonds is 66. The van der Waals surface area contributed by atoms with Crippen molar-refractivity contribution >= 4 is 93.7 Å². The van der Waals surface area contributed by atoms with E-state index >= 15 is 0 Å². The first-order valence-corrected chi connectivity index (χ1v) is 47.8. The first-order chi connectivity index (χ1) is 67.4. The van der Waals surface area contributed by atoms with Crippen molar-refractivity contribution in [3.8, 4) is 23.0 Å². The first-order valence-electron chi connectivity index (χ1n) is 47.8. The molecule has 0 unspecified atom stereocenters. The number of ketones is 4. The van der Waals surface area contributed by atoms with Crippen molar-refractivity contribution in [2.75, 3.05) is 182 Å². The molecule has 0 radical (unpaired) electrons. The summed E-state index contributed by atoms with van der Waals surface area (Å²) < 4.78 is 90.6. The Morgan fingerprint density at radius 2 is 0.800 bits per heavy atom. The Morgan fingerprint density at radius 3 is 1.21 bits per heavy atom. The normalized spacial score (nSPS) is 16.9. The number of benzene rings is 4. The number of hydrogen-bond acceptors (Lipinski definition) is 31. The summed E-state index contributed by atoms with van der Waals surface area (Å²) >= 11 is 0. The molecule has 8 atom stereocenters. The van der Waals surface area contributed by atoms with Gasteiger partial charge in [-0.05, 0) is 119 Å². The first kappa shape index (κ1) is 112. The van der Waals surface area contributed by atoms with Crippen LogP contribution < -0.4 is 44.7 Å². The minimum atomic E-state index is -1.59. The van der Waals surface area contributed by atoms with Gasteiger partial charge in [-0.3, -0.25) is 57.6 Å². The zero-order valence-electron chi connectivity index (χ0n) is 82.1. The summed E-state index contributed by atoms with van der Waals surface area (Å²) in [5.41, 5.74) is 3.69. The van der Waals surface area contributed by atoms with Crippen LogP contribution in [0.5, 0.6) is 23.0 Å². The number of hydrogen-bond donors (Lipinski definition) is 5. The third kappa shape index (κ3) is 34.8. The summed E-state index contributed by atoms with van der Waals surface area (Å²) in [6.07, 6.45) is 3.59. The maximum atomic E-state index is 14.5. The smallest absolute Gasteiger partial charge is 0.416 e. The van der Waals surface area contributed by atoms with Gasteiger partial charge in [0, 0.05) is 119 Å². The zero-order valence-corrected chi connectivity index (χ0v) is 82.1. The van der Waals surface area contributed by atoms with Gasteiger partial charge in [0.15, 0.2) is 41.2 Å². The van der Waals surface area contributed by atoms with E-state index in [9.17, 15) is 72.5 Å². The second kappa shape index (κ2) is 58.7. The number of nitrogens with zero attached hydrogens (tertiary/aromatic N) is 5. The van der Waals surface area contributed by atoms with Crippen LogP contribution in [-0.2, 0) is 120 Å². The lowest BCUT2D eigenvalue weighted by Crippen LogP contribution is -2.50. The quantitative estimate of drug-likeness (QED) is 0.0203. The SMILES string of the molecule is COCCOCCC(=O)C[C@H](C(=O)N[C@@H](C)C(=O)Nc1ccc(COC(=O)N2c3cc(OCCCCCOc4cc5c(cc4OC)C(=O)N4C=C(C)C[C@H]4[C@H](O)N5C(=O)OCc4ccc(CC(=O)[C@H](C)NC(=O)[C@@H](CC(=O)CCOCCOCCOCCOCCOCCOCCOCCOCCCC(=O)CCN5C(=O)C=CC5=O)C(C)C)cc4)c(OC)cc3C(=O)N3C=C(C)C[C@H]3[C@@H]2O)cc1)C(C)C. The molecule has 0 bridgehead atoms. The molecule has 0 fully saturated rings. The molecule has 0 saturated heterocycles. The fraction of sp³-hybridized carbons (Fsp3) is 0.574. The molecule has 0 saturated carbocycles. The maximum absolute atomic E-state index is 14.5. The molecule has 140 heavy (non-hydrogen) atoms. The minimum Gasteiger partial charge on any atom is -0.493 e. The van der Waals surface area contributed by atoms with Crippen molar-refractivity contribution in [3.63, 3.8) is 0 Å². The number of aliphatic hydroxyl groups excluding tert-OH is 2. The van der Waals surface area contributed by atoms with Crippen LogP contribution in [0.4, 0.5) is 26.7 Å². The van der Waals surface area contributed by atoms with Crippen molar-refractivity contribution in [3.05, 3.63) is 136 Å². The number of ether oxygens (including phenoxy) is 16. The van der Waals surface area contributed by atoms with Crippen LogP contribution in [0.25, 0.3) is 0 Å². The van der Waals surface area contributed by atoms with Crippen LogP contribution in [0.15, 0.2) is 108 Å². The molecule has 9 amide bonds. The summed E-state index contributed by atoms with van der Waals surface area (Å²) in [6.45, 7) is 20.5. The Bertz CT molecular complexity index is 4860. The van der Waals surface area contributed by atoms with Crippen molar-refractivity contribution in [2.24, 2.45) is 23.7 Å². The largest absolute Gasteiger partial charge is 0.493 e. The molecule has 0 aromatic heterocycles. The van der Waals surface area contributed by atoms with E-state index in [2.05, 4.69) is 16.0 Å². The third-order valence-electron chi connectivity index (χ3n) is 23.9. The highest BCUT2D eigenvalue weighted by atomic mass is 16.6. The van der Waals surface area contributed by atoms with Crippen LogP contribution in [0, 0.1) is 23.7 Å². The number of imide groups is 1. The summed E-state index contributed by atoms with van der Waals surface area (Å²) in [5.74, 6) is -4.89. The lowest BCUT2D eigenvalue weighted by Gasteiger charge is -2.31. The summed E-state index contributed by atoms with van der Waals surface area (Å²) in [7, 11) is 4.36. The van der Waals surface area contributed by atoms with Gasteiger partial charge < -0.3 is 112 Å². The number of nitrogens with one attached hydrogen (secondary N) is 3. The lowest BCUT2D eigenvalue weighted by molar-refractivity contribution is -0.137. The molecule has 5 heterocycles. The molecular weight excluding hydrogens is 1820 g/mol. The van der Waals surface area contributed by atoms with Crippen LogP contribution in [0.2, 0.25) is 0 Å². The van der Waals surface area contributed by atoms with E-state index in [1.165, 1.54) is 67.4 Å². The number of anilines is 3. The molecule has 768 valence electrons. The van der Waals surface area contributed by atoms with E-state index in [4.69, 9.17) is 75.8 Å². The Morgan fingerprint density at radius 1 is 0.414 bits per heavy atom. The second-order valence-corrected chi connectivity index (χ2v) is 35.2. The number of aliphatic hydroxyl groups is 2. The maximum Gasteiger partial charge on any atom is 0.416 e. The average molecular weight is 1960 g/mol. The van der Waals surface area contributed by atoms with E-state index in [0.29, 0.717) is 154 Å². The number of unbranched alkanes of at least 4 members (excludes halogenated alkanes) is 2. The topological polar surface area (TPSA) is 462 Å². The predicted molar refractivity (Wildman–Crippen MR) is 509 cm³/mol. The molecule has 0 spiro atoms. The van der Waals surface area contributed by atoms with Crippen molar-refractivity contribution in [2.45, 2.75) is 189 Å². The van der Waals surface area contributed by atoms with Gasteiger partial charge in [-0.2, -0.15) is 0 Å². The number of amides is 9. The molecule has 9 rings (SSSR count). The number of Topliss-reactive ketones (excluding diaryl/α,β-unsaturated/α-hetero) is 4. The molecule has 5 aliphatic rings. The molecule has 5 N–H and O–H groups in total. The van der Waals surface area contributed by atoms with E-state index in [-0.39, 0.29) is 191 Å². The van der Waals surface area contributed by atoms with Gasteiger partial charge in [-0.15, -0.1) is 0 Å². The molecular formula is C101H138N8O31. The zero-order chi connectivity index (χ0) is 101. The molecule has 5 aliphatic heterocycles. The van der Waals surface area contributed by atoms with Gasteiger partial charge in [0.2, 0.25) is 17.7 Å². The van der Waals surface area contributed by atoms with Crippen LogP contribution in [0.1, 0.15) is 170 Å². The molecule has 4 aromatic rings. The van der Waals surface area contributed by atoms with E-state index in [1.807, 2.05) is 41.5 Å². The highest BCUT2D eigenvalue weighted by Crippen LogP contribution is 2.45. The van der Waals surface area contributed by atoms with E-state index < -0.39 is 102 Å². The van der Waals surface area contributed by atoms with Gasteiger partial charge in [0.05, 0.1) is 187 Å². The molecule has 4 aromatic carbocycles. The highest BCUT2D eigenvalue weighted by Gasteiger charge is 2.48. The van der Waals surface area contributed by atoms with Crippen LogP contribution >= 0.6 is 0 Å².